The Labute approximate surface area is 198 Å². The molecule has 0 amide bonds. The molecule has 0 aliphatic carbocycles. The van der Waals surface area contributed by atoms with E-state index in [9.17, 15) is 0 Å². The fraction of sp³-hybridized carbons (Fsp3) is 0. The van der Waals surface area contributed by atoms with Crippen molar-refractivity contribution in [3.63, 3.8) is 0 Å². The Morgan fingerprint density at radius 1 is 0.576 bits per heavy atom. The average molecular weight is 463 g/mol. The van der Waals surface area contributed by atoms with Crippen molar-refractivity contribution in [3.05, 3.63) is 120 Å². The lowest BCUT2D eigenvalue weighted by Gasteiger charge is -2.39. The summed E-state index contributed by atoms with van der Waals surface area (Å²) in [5, 5.41) is 3.06. The van der Waals surface area contributed by atoms with Crippen molar-refractivity contribution in [2.75, 3.05) is 0 Å². The lowest BCUT2D eigenvalue weighted by atomic mass is 10.0. The van der Waals surface area contributed by atoms with Gasteiger partial charge >= 0.3 is 0 Å². The molecule has 0 fully saturated rings. The summed E-state index contributed by atoms with van der Waals surface area (Å²) >= 11 is 6.64. The van der Waals surface area contributed by atoms with Gasteiger partial charge in [-0.2, -0.15) is 0 Å². The van der Waals surface area contributed by atoms with Gasteiger partial charge in [-0.05, 0) is 60.2 Å². The van der Waals surface area contributed by atoms with E-state index in [4.69, 9.17) is 16.0 Å². The van der Waals surface area contributed by atoms with Crippen molar-refractivity contribution in [1.82, 2.24) is 0 Å². The van der Waals surface area contributed by atoms with Crippen LogP contribution >= 0.6 is 21.6 Å². The molecule has 1 aliphatic heterocycles. The molecule has 0 saturated carbocycles. The second kappa shape index (κ2) is 7.02. The normalized spacial score (nSPS) is 14.8. The number of hydrogen-bond acceptors (Lipinski definition) is 1. The molecule has 3 heteroatoms. The summed E-state index contributed by atoms with van der Waals surface area (Å²) in [6, 6.07) is 40.9. The Morgan fingerprint density at radius 2 is 1.24 bits per heavy atom. The molecule has 5 aromatic carbocycles. The predicted octanol–water partition coefficient (Wildman–Crippen LogP) is 9.56. The summed E-state index contributed by atoms with van der Waals surface area (Å²) in [6.07, 6.45) is 0. The summed E-state index contributed by atoms with van der Waals surface area (Å²) in [5.74, 6) is 0. The topological polar surface area (TPSA) is 13.1 Å². The average Bonchev–Trinajstić information content (AvgIpc) is 3.38. The maximum absolute atomic E-state index is 6.64. The van der Waals surface area contributed by atoms with Crippen LogP contribution in [0.5, 0.6) is 0 Å². The molecule has 0 spiro atoms. The van der Waals surface area contributed by atoms with Gasteiger partial charge in [0.2, 0.25) is 0 Å². The van der Waals surface area contributed by atoms with E-state index in [1.165, 1.54) is 30.7 Å². The Balaban J connectivity index is 1.72. The zero-order valence-electron chi connectivity index (χ0n) is 17.7. The highest BCUT2D eigenvalue weighted by Gasteiger charge is 2.43. The smallest absolute Gasteiger partial charge is 0.144 e. The Bertz CT molecular complexity index is 1630. The Kier molecular flexibility index (Phi) is 4.05. The van der Waals surface area contributed by atoms with E-state index in [1.54, 1.807) is 0 Å². The van der Waals surface area contributed by atoms with E-state index in [2.05, 4.69) is 97.1 Å². The summed E-state index contributed by atoms with van der Waals surface area (Å²) in [5.41, 5.74) is 4.28. The number of fused-ring (bicyclic) bond motifs is 7. The highest BCUT2D eigenvalue weighted by molar-refractivity contribution is 8.34. The summed E-state index contributed by atoms with van der Waals surface area (Å²) < 4.78 is 6.53. The Morgan fingerprint density at radius 3 is 1.97 bits per heavy atom. The predicted molar refractivity (Wildman–Crippen MR) is 138 cm³/mol. The number of benzene rings is 5. The van der Waals surface area contributed by atoms with Gasteiger partial charge in [-0.25, -0.2) is 0 Å². The van der Waals surface area contributed by atoms with Crippen LogP contribution in [0.25, 0.3) is 33.1 Å². The van der Waals surface area contributed by atoms with Crippen molar-refractivity contribution < 1.29 is 4.42 Å². The molecule has 0 unspecified atom stereocenters. The van der Waals surface area contributed by atoms with Gasteiger partial charge in [-0.1, -0.05) is 72.3 Å². The maximum Gasteiger partial charge on any atom is 0.144 e. The van der Waals surface area contributed by atoms with Crippen LogP contribution in [0.1, 0.15) is 0 Å². The largest absolute Gasteiger partial charge is 0.455 e. The molecule has 158 valence electrons. The van der Waals surface area contributed by atoms with Crippen LogP contribution in [-0.2, 0) is 0 Å². The number of furan rings is 1. The molecule has 0 atom stereocenters. The summed E-state index contributed by atoms with van der Waals surface area (Å²) in [7, 11) is -1.73. The fourth-order valence-electron chi connectivity index (χ4n) is 5.25. The lowest BCUT2D eigenvalue weighted by molar-refractivity contribution is 0.669. The van der Waals surface area contributed by atoms with Gasteiger partial charge in [0.1, 0.15) is 11.2 Å². The van der Waals surface area contributed by atoms with Crippen LogP contribution in [0.3, 0.4) is 0 Å². The third-order valence-corrected chi connectivity index (χ3v) is 10.8. The molecule has 0 saturated heterocycles. The minimum Gasteiger partial charge on any atom is -0.455 e. The van der Waals surface area contributed by atoms with E-state index in [1.807, 2.05) is 18.2 Å². The molecule has 1 aliphatic rings. The van der Waals surface area contributed by atoms with Crippen molar-refractivity contribution >= 4 is 43.6 Å². The van der Waals surface area contributed by atoms with E-state index >= 15 is 0 Å². The van der Waals surface area contributed by atoms with E-state index in [-0.39, 0.29) is 0 Å². The molecule has 1 nitrogen and oxygen atoms in total. The van der Waals surface area contributed by atoms with E-state index < -0.39 is 10.0 Å². The minimum atomic E-state index is -1.73. The SMILES string of the molecule is Clc1ccc2c(c1)S(c1ccccc1)(c1ccccc1)c1ccc3c(oc4ccccc43)c1-2. The van der Waals surface area contributed by atoms with Crippen LogP contribution < -0.4 is 0 Å². The van der Waals surface area contributed by atoms with Crippen molar-refractivity contribution in [1.29, 1.82) is 0 Å². The van der Waals surface area contributed by atoms with Gasteiger partial charge < -0.3 is 4.42 Å². The van der Waals surface area contributed by atoms with Crippen molar-refractivity contribution in [2.45, 2.75) is 19.6 Å². The third kappa shape index (κ3) is 2.51. The van der Waals surface area contributed by atoms with Gasteiger partial charge in [-0.3, -0.25) is 0 Å². The number of hydrogen-bond donors (Lipinski definition) is 0. The molecule has 1 aromatic heterocycles. The van der Waals surface area contributed by atoms with Gasteiger partial charge in [0.25, 0.3) is 0 Å². The van der Waals surface area contributed by atoms with E-state index in [0.717, 1.165) is 27.0 Å². The molecular weight excluding hydrogens is 444 g/mol. The molecule has 0 radical (unpaired) electrons. The lowest BCUT2D eigenvalue weighted by Crippen LogP contribution is -2.01. The first-order valence-electron chi connectivity index (χ1n) is 11.0. The first-order chi connectivity index (χ1) is 16.3. The molecule has 7 rings (SSSR count). The van der Waals surface area contributed by atoms with Gasteiger partial charge in [-0.15, -0.1) is 10.0 Å². The highest BCUT2D eigenvalue weighted by atomic mass is 35.5. The quantitative estimate of drug-likeness (QED) is 0.249. The molecule has 33 heavy (non-hydrogen) atoms. The highest BCUT2D eigenvalue weighted by Crippen LogP contribution is 2.80. The molecule has 0 bridgehead atoms. The number of rotatable bonds is 2. The minimum absolute atomic E-state index is 0.756. The van der Waals surface area contributed by atoms with Crippen LogP contribution in [0.15, 0.2) is 139 Å². The van der Waals surface area contributed by atoms with Crippen molar-refractivity contribution in [2.24, 2.45) is 0 Å². The van der Waals surface area contributed by atoms with Gasteiger partial charge in [0.15, 0.2) is 0 Å². The van der Waals surface area contributed by atoms with E-state index in [0.29, 0.717) is 0 Å². The second-order valence-corrected chi connectivity index (χ2v) is 11.8. The summed E-state index contributed by atoms with van der Waals surface area (Å²) in [6.45, 7) is 0. The summed E-state index contributed by atoms with van der Waals surface area (Å²) in [4.78, 5) is 5.18. The van der Waals surface area contributed by atoms with Crippen LogP contribution in [0.2, 0.25) is 5.02 Å². The fourth-order valence-corrected chi connectivity index (χ4v) is 9.73. The molecule has 0 N–H and O–H groups in total. The zero-order valence-corrected chi connectivity index (χ0v) is 19.2. The zero-order chi connectivity index (χ0) is 22.0. The molecule has 2 heterocycles. The van der Waals surface area contributed by atoms with Crippen LogP contribution in [0, 0.1) is 0 Å². The third-order valence-electron chi connectivity index (χ3n) is 6.57. The van der Waals surface area contributed by atoms with Crippen LogP contribution in [-0.4, -0.2) is 0 Å². The Hall–Kier alpha value is -3.46. The monoisotopic (exact) mass is 462 g/mol. The van der Waals surface area contributed by atoms with Crippen LogP contribution in [0.4, 0.5) is 0 Å². The first kappa shape index (κ1) is 19.0. The molecule has 6 aromatic rings. The standard InChI is InChI=1S/C30H19ClOS/c31-20-15-16-25-28(19-20)33(21-9-3-1-4-10-21,22-11-5-2-6-12-22)27-18-17-24-23-13-7-8-14-26(23)32-30(24)29(25)27/h1-19H. The van der Waals surface area contributed by atoms with Crippen molar-refractivity contribution in [3.8, 4) is 11.1 Å². The van der Waals surface area contributed by atoms with Gasteiger partial charge in [0.05, 0.1) is 0 Å². The first-order valence-corrected chi connectivity index (χ1v) is 13.0. The second-order valence-electron chi connectivity index (χ2n) is 8.29. The maximum atomic E-state index is 6.64. The number of para-hydroxylation sites is 1. The van der Waals surface area contributed by atoms with Gasteiger partial charge in [0, 0.05) is 40.9 Å². The molecular formula is C30H19ClOS. The number of halogens is 1.